The van der Waals surface area contributed by atoms with Gasteiger partial charge in [-0.05, 0) is 25.7 Å². The molecule has 1 aliphatic carbocycles. The number of aromatic nitrogens is 2. The van der Waals surface area contributed by atoms with Gasteiger partial charge < -0.3 is 10.0 Å². The Morgan fingerprint density at radius 1 is 1.45 bits per heavy atom. The van der Waals surface area contributed by atoms with Gasteiger partial charge in [-0.1, -0.05) is 0 Å². The van der Waals surface area contributed by atoms with E-state index in [1.807, 2.05) is 0 Å². The standard InChI is InChI=1S/C13H19N3O4/c17-8-2-6-16(10-3-1-4-10)12(19)9-15-7-5-11(18)14-13(15)20/h5,7,10,17H,1-4,6,8-9H2,(H,14,18,20). The van der Waals surface area contributed by atoms with Crippen LogP contribution in [-0.2, 0) is 11.3 Å². The highest BCUT2D eigenvalue weighted by molar-refractivity contribution is 5.76. The molecule has 0 atom stereocenters. The third-order valence-corrected chi connectivity index (χ3v) is 3.60. The van der Waals surface area contributed by atoms with Crippen LogP contribution in [0.2, 0.25) is 0 Å². The first kappa shape index (κ1) is 14.5. The highest BCUT2D eigenvalue weighted by Gasteiger charge is 2.28. The summed E-state index contributed by atoms with van der Waals surface area (Å²) >= 11 is 0. The van der Waals surface area contributed by atoms with Crippen molar-refractivity contribution in [2.45, 2.75) is 38.3 Å². The maximum absolute atomic E-state index is 12.3. The van der Waals surface area contributed by atoms with Gasteiger partial charge in [-0.15, -0.1) is 0 Å². The number of aliphatic hydroxyl groups is 1. The van der Waals surface area contributed by atoms with Gasteiger partial charge in [-0.25, -0.2) is 4.79 Å². The fourth-order valence-electron chi connectivity index (χ4n) is 2.26. The molecule has 0 saturated heterocycles. The molecule has 1 fully saturated rings. The quantitative estimate of drug-likeness (QED) is 0.721. The minimum atomic E-state index is -0.582. The molecule has 1 heterocycles. The molecule has 0 aliphatic heterocycles. The summed E-state index contributed by atoms with van der Waals surface area (Å²) in [6, 6.07) is 1.43. The largest absolute Gasteiger partial charge is 0.396 e. The molecular weight excluding hydrogens is 262 g/mol. The number of hydrogen-bond donors (Lipinski definition) is 2. The maximum atomic E-state index is 12.3. The zero-order valence-corrected chi connectivity index (χ0v) is 11.2. The number of rotatable bonds is 6. The molecule has 0 spiro atoms. The normalized spacial score (nSPS) is 14.8. The van der Waals surface area contributed by atoms with Crippen LogP contribution < -0.4 is 11.2 Å². The monoisotopic (exact) mass is 281 g/mol. The van der Waals surface area contributed by atoms with Crippen LogP contribution in [0.25, 0.3) is 0 Å². The van der Waals surface area contributed by atoms with Crippen molar-refractivity contribution in [3.05, 3.63) is 33.1 Å². The van der Waals surface area contributed by atoms with Crippen molar-refractivity contribution in [1.29, 1.82) is 0 Å². The van der Waals surface area contributed by atoms with Gasteiger partial charge in [0, 0.05) is 31.5 Å². The second-order valence-corrected chi connectivity index (χ2v) is 4.99. The average molecular weight is 281 g/mol. The van der Waals surface area contributed by atoms with Crippen molar-refractivity contribution in [3.8, 4) is 0 Å². The molecule has 7 nitrogen and oxygen atoms in total. The summed E-state index contributed by atoms with van der Waals surface area (Å²) in [4.78, 5) is 38.7. The van der Waals surface area contributed by atoms with E-state index in [0.29, 0.717) is 13.0 Å². The lowest BCUT2D eigenvalue weighted by Gasteiger charge is -2.37. The van der Waals surface area contributed by atoms with Gasteiger partial charge in [0.1, 0.15) is 6.54 Å². The van der Waals surface area contributed by atoms with Crippen molar-refractivity contribution in [2.75, 3.05) is 13.2 Å². The van der Waals surface area contributed by atoms with Crippen LogP contribution in [0.3, 0.4) is 0 Å². The SMILES string of the molecule is O=C(Cn1ccc(=O)[nH]c1=O)N(CCCO)C1CCC1. The topological polar surface area (TPSA) is 95.4 Å². The number of nitrogens with one attached hydrogen (secondary N) is 1. The van der Waals surface area contributed by atoms with Gasteiger partial charge >= 0.3 is 5.69 Å². The Morgan fingerprint density at radius 2 is 2.20 bits per heavy atom. The van der Waals surface area contributed by atoms with E-state index in [-0.39, 0.29) is 25.1 Å². The predicted octanol–water partition coefficient (Wildman–Crippen LogP) is -0.700. The van der Waals surface area contributed by atoms with Gasteiger partial charge in [0.05, 0.1) is 0 Å². The minimum absolute atomic E-state index is 0.0368. The first-order valence-electron chi connectivity index (χ1n) is 6.82. The molecule has 2 N–H and O–H groups in total. The van der Waals surface area contributed by atoms with E-state index in [9.17, 15) is 14.4 Å². The third-order valence-electron chi connectivity index (χ3n) is 3.60. The van der Waals surface area contributed by atoms with Crippen molar-refractivity contribution < 1.29 is 9.90 Å². The first-order valence-corrected chi connectivity index (χ1v) is 6.82. The van der Waals surface area contributed by atoms with Crippen molar-refractivity contribution in [3.63, 3.8) is 0 Å². The molecule has 1 aromatic rings. The van der Waals surface area contributed by atoms with Crippen LogP contribution in [0.4, 0.5) is 0 Å². The fraction of sp³-hybridized carbons (Fsp3) is 0.615. The highest BCUT2D eigenvalue weighted by atomic mass is 16.3. The Balaban J connectivity index is 2.07. The smallest absolute Gasteiger partial charge is 0.328 e. The first-order chi connectivity index (χ1) is 9.61. The fourth-order valence-corrected chi connectivity index (χ4v) is 2.26. The van der Waals surface area contributed by atoms with Gasteiger partial charge in [0.15, 0.2) is 0 Å². The summed E-state index contributed by atoms with van der Waals surface area (Å²) in [5, 5.41) is 8.90. The number of H-pyrrole nitrogens is 1. The predicted molar refractivity (Wildman–Crippen MR) is 72.4 cm³/mol. The van der Waals surface area contributed by atoms with E-state index in [2.05, 4.69) is 4.98 Å². The number of nitrogens with zero attached hydrogens (tertiary/aromatic N) is 2. The molecule has 0 bridgehead atoms. The van der Waals surface area contributed by atoms with E-state index in [1.54, 1.807) is 4.90 Å². The second-order valence-electron chi connectivity index (χ2n) is 4.99. The lowest BCUT2D eigenvalue weighted by molar-refractivity contribution is -0.136. The molecule has 0 aromatic carbocycles. The third kappa shape index (κ3) is 3.36. The molecule has 1 aliphatic rings. The van der Waals surface area contributed by atoms with Crippen molar-refractivity contribution >= 4 is 5.91 Å². The Bertz CT molecular complexity index is 573. The summed E-state index contributed by atoms with van der Waals surface area (Å²) < 4.78 is 1.19. The molecule has 1 saturated carbocycles. The van der Waals surface area contributed by atoms with Crippen LogP contribution >= 0.6 is 0 Å². The highest BCUT2D eigenvalue weighted by Crippen LogP contribution is 2.25. The van der Waals surface area contributed by atoms with Crippen LogP contribution in [0, 0.1) is 0 Å². The summed E-state index contributed by atoms with van der Waals surface area (Å²) in [7, 11) is 0. The number of aromatic amines is 1. The minimum Gasteiger partial charge on any atom is -0.396 e. The van der Waals surface area contributed by atoms with Gasteiger partial charge in [-0.3, -0.25) is 19.1 Å². The second kappa shape index (κ2) is 6.51. The molecule has 1 amide bonds. The molecule has 20 heavy (non-hydrogen) atoms. The van der Waals surface area contributed by atoms with E-state index in [0.717, 1.165) is 19.3 Å². The Kier molecular flexibility index (Phi) is 4.73. The van der Waals surface area contributed by atoms with E-state index < -0.39 is 11.2 Å². The van der Waals surface area contributed by atoms with Crippen molar-refractivity contribution in [2.24, 2.45) is 0 Å². The summed E-state index contributed by atoms with van der Waals surface area (Å²) in [5.41, 5.74) is -1.06. The van der Waals surface area contributed by atoms with Gasteiger partial charge in [-0.2, -0.15) is 0 Å². The molecule has 2 rings (SSSR count). The number of amides is 1. The number of aliphatic hydroxyl groups excluding tert-OH is 1. The van der Waals surface area contributed by atoms with E-state index in [4.69, 9.17) is 5.11 Å². The zero-order chi connectivity index (χ0) is 14.5. The summed E-state index contributed by atoms with van der Waals surface area (Å²) in [5.74, 6) is -0.155. The number of carbonyl (C=O) groups excluding carboxylic acids is 1. The Hall–Kier alpha value is -1.89. The van der Waals surface area contributed by atoms with Crippen LogP contribution in [0.15, 0.2) is 21.9 Å². The maximum Gasteiger partial charge on any atom is 0.328 e. The molecule has 7 heteroatoms. The van der Waals surface area contributed by atoms with Crippen LogP contribution in [0.5, 0.6) is 0 Å². The molecule has 0 unspecified atom stereocenters. The average Bonchev–Trinajstić information content (AvgIpc) is 2.35. The Labute approximate surface area is 115 Å². The van der Waals surface area contributed by atoms with E-state index in [1.165, 1.54) is 16.8 Å². The molecule has 0 radical (unpaired) electrons. The van der Waals surface area contributed by atoms with Gasteiger partial charge in [0.2, 0.25) is 5.91 Å². The number of carbonyl (C=O) groups is 1. The van der Waals surface area contributed by atoms with Gasteiger partial charge in [0.25, 0.3) is 5.56 Å². The zero-order valence-electron chi connectivity index (χ0n) is 11.2. The van der Waals surface area contributed by atoms with Crippen LogP contribution in [0.1, 0.15) is 25.7 Å². The Morgan fingerprint density at radius 3 is 2.75 bits per heavy atom. The number of hydrogen-bond acceptors (Lipinski definition) is 4. The molecular formula is C13H19N3O4. The lowest BCUT2D eigenvalue weighted by Crippen LogP contribution is -2.47. The summed E-state index contributed by atoms with van der Waals surface area (Å²) in [6.45, 7) is 0.449. The molecule has 110 valence electrons. The molecule has 1 aromatic heterocycles. The van der Waals surface area contributed by atoms with Crippen molar-refractivity contribution in [1.82, 2.24) is 14.5 Å². The summed E-state index contributed by atoms with van der Waals surface area (Å²) in [6.07, 6.45) is 4.90. The van der Waals surface area contributed by atoms with E-state index >= 15 is 0 Å². The lowest BCUT2D eigenvalue weighted by atomic mass is 9.91. The van der Waals surface area contributed by atoms with Crippen LogP contribution in [-0.4, -0.2) is 44.7 Å².